The summed E-state index contributed by atoms with van der Waals surface area (Å²) in [6, 6.07) is 1.98. The van der Waals surface area contributed by atoms with E-state index in [1.807, 2.05) is 25.1 Å². The number of hydrogen-bond acceptors (Lipinski definition) is 6. The number of rotatable bonds is 6. The summed E-state index contributed by atoms with van der Waals surface area (Å²) in [6.45, 7) is 1.17. The van der Waals surface area contributed by atoms with Crippen LogP contribution in [0.2, 0.25) is 0 Å². The van der Waals surface area contributed by atoms with Gasteiger partial charge in [-0.2, -0.15) is 17.0 Å². The third-order valence-electron chi connectivity index (χ3n) is 3.85. The van der Waals surface area contributed by atoms with Crippen LogP contribution < -0.4 is 10.2 Å². The maximum atomic E-state index is 12.2. The van der Waals surface area contributed by atoms with Crippen molar-refractivity contribution in [2.24, 2.45) is 0 Å². The molecule has 0 bridgehead atoms. The van der Waals surface area contributed by atoms with Gasteiger partial charge in [0.15, 0.2) is 0 Å². The highest BCUT2D eigenvalue weighted by atomic mass is 32.2. The van der Waals surface area contributed by atoms with Crippen molar-refractivity contribution < 1.29 is 8.42 Å². The Morgan fingerprint density at radius 3 is 2.43 bits per heavy atom. The van der Waals surface area contributed by atoms with E-state index in [2.05, 4.69) is 15.3 Å². The Kier molecular flexibility index (Phi) is 5.56. The van der Waals surface area contributed by atoms with Gasteiger partial charge in [-0.1, -0.05) is 0 Å². The van der Waals surface area contributed by atoms with Gasteiger partial charge in [-0.05, 0) is 19.4 Å². The molecular formula is C14H26N6O2S. The predicted molar refractivity (Wildman–Crippen MR) is 90.4 cm³/mol. The number of nitrogens with one attached hydrogen (secondary N) is 1. The van der Waals surface area contributed by atoms with Gasteiger partial charge in [0.1, 0.15) is 11.6 Å². The third-order valence-corrected chi connectivity index (χ3v) is 5.69. The van der Waals surface area contributed by atoms with E-state index in [9.17, 15) is 8.42 Å². The molecule has 0 saturated carbocycles. The highest BCUT2D eigenvalue weighted by molar-refractivity contribution is 7.86. The van der Waals surface area contributed by atoms with E-state index < -0.39 is 10.2 Å². The number of nitrogens with zero attached hydrogens (tertiary/aromatic N) is 5. The lowest BCUT2D eigenvalue weighted by atomic mass is 10.2. The minimum absolute atomic E-state index is 0.143. The normalized spacial score (nSPS) is 18.8. The molecule has 1 fully saturated rings. The van der Waals surface area contributed by atoms with Gasteiger partial charge in [-0.25, -0.2) is 9.97 Å². The van der Waals surface area contributed by atoms with Crippen LogP contribution in [0.5, 0.6) is 0 Å². The van der Waals surface area contributed by atoms with Crippen LogP contribution in [0.25, 0.3) is 0 Å². The lowest BCUT2D eigenvalue weighted by Gasteiger charge is -2.22. The molecule has 0 spiro atoms. The molecule has 0 amide bonds. The van der Waals surface area contributed by atoms with Crippen LogP contribution in [-0.4, -0.2) is 68.8 Å². The molecule has 23 heavy (non-hydrogen) atoms. The van der Waals surface area contributed by atoms with E-state index in [-0.39, 0.29) is 12.6 Å². The van der Waals surface area contributed by atoms with E-state index in [0.717, 1.165) is 31.0 Å². The fourth-order valence-electron chi connectivity index (χ4n) is 2.46. The molecule has 9 heteroatoms. The van der Waals surface area contributed by atoms with Gasteiger partial charge in [0, 0.05) is 41.3 Å². The minimum Gasteiger partial charge on any atom is -0.363 e. The molecule has 1 saturated heterocycles. The molecule has 0 radical (unpaired) electrons. The molecule has 1 unspecified atom stereocenters. The summed E-state index contributed by atoms with van der Waals surface area (Å²) in [7, 11) is 4.96. The van der Waals surface area contributed by atoms with Crippen molar-refractivity contribution in [1.29, 1.82) is 0 Å². The molecule has 8 nitrogen and oxygen atoms in total. The largest absolute Gasteiger partial charge is 0.363 e. The molecular weight excluding hydrogens is 316 g/mol. The Morgan fingerprint density at radius 1 is 1.22 bits per heavy atom. The number of anilines is 1. The van der Waals surface area contributed by atoms with Crippen molar-refractivity contribution in [2.75, 3.05) is 46.7 Å². The van der Waals surface area contributed by atoms with Crippen molar-refractivity contribution in [3.8, 4) is 0 Å². The van der Waals surface area contributed by atoms with Gasteiger partial charge in [-0.15, -0.1) is 0 Å². The summed E-state index contributed by atoms with van der Waals surface area (Å²) in [4.78, 5) is 11.1. The second-order valence-electron chi connectivity index (χ2n) is 6.17. The van der Waals surface area contributed by atoms with Crippen LogP contribution in [0.3, 0.4) is 0 Å². The first kappa shape index (κ1) is 18.1. The molecule has 1 aromatic heterocycles. The lowest BCUT2D eigenvalue weighted by molar-refractivity contribution is 0.410. The van der Waals surface area contributed by atoms with Gasteiger partial charge >= 0.3 is 0 Å². The Bertz CT molecular complexity index is 641. The maximum absolute atomic E-state index is 12.2. The Morgan fingerprint density at radius 2 is 1.91 bits per heavy atom. The first-order chi connectivity index (χ1) is 10.7. The van der Waals surface area contributed by atoms with Gasteiger partial charge in [0.25, 0.3) is 10.2 Å². The lowest BCUT2D eigenvalue weighted by Crippen LogP contribution is -2.37. The van der Waals surface area contributed by atoms with E-state index in [0.29, 0.717) is 5.69 Å². The van der Waals surface area contributed by atoms with Crippen LogP contribution in [-0.2, 0) is 16.8 Å². The molecule has 1 aliphatic heterocycles. The smallest absolute Gasteiger partial charge is 0.281 e. The van der Waals surface area contributed by atoms with Crippen LogP contribution in [0.15, 0.2) is 6.07 Å². The van der Waals surface area contributed by atoms with Crippen LogP contribution in [0, 0.1) is 0 Å². The Labute approximate surface area is 138 Å². The highest BCUT2D eigenvalue weighted by Gasteiger charge is 2.24. The first-order valence-electron chi connectivity index (χ1n) is 7.64. The second-order valence-corrected chi connectivity index (χ2v) is 8.41. The van der Waals surface area contributed by atoms with Gasteiger partial charge in [-0.3, -0.25) is 0 Å². The summed E-state index contributed by atoms with van der Waals surface area (Å²) in [5.41, 5.74) is 0.695. The molecule has 1 N–H and O–H groups in total. The van der Waals surface area contributed by atoms with Gasteiger partial charge < -0.3 is 10.2 Å². The molecule has 130 valence electrons. The molecule has 1 atom stereocenters. The van der Waals surface area contributed by atoms with Crippen LogP contribution >= 0.6 is 0 Å². The van der Waals surface area contributed by atoms with Crippen LogP contribution in [0.4, 0.5) is 5.82 Å². The average Bonchev–Trinajstić information content (AvgIpc) is 3.00. The summed E-state index contributed by atoms with van der Waals surface area (Å²) in [6.07, 6.45) is 2.10. The second kappa shape index (κ2) is 7.08. The molecule has 2 heterocycles. The quantitative estimate of drug-likeness (QED) is 0.796. The van der Waals surface area contributed by atoms with E-state index in [4.69, 9.17) is 0 Å². The summed E-state index contributed by atoms with van der Waals surface area (Å²) >= 11 is 0. The zero-order valence-electron chi connectivity index (χ0n) is 14.4. The van der Waals surface area contributed by atoms with E-state index in [1.54, 1.807) is 7.05 Å². The van der Waals surface area contributed by atoms with Gasteiger partial charge in [0.05, 0.1) is 18.3 Å². The molecule has 2 rings (SSSR count). The predicted octanol–water partition coefficient (Wildman–Crippen LogP) is 0.205. The standard InChI is InChI=1S/C14H26N6O2S/c1-18(2)13-9-11(10-20(5)23(21,22)19(3)4)16-14(17-13)12-7-6-8-15-12/h9,12,15H,6-8,10H2,1-5H3. The third kappa shape index (κ3) is 4.17. The molecule has 1 aromatic rings. The number of hydrogen-bond donors (Lipinski definition) is 1. The fraction of sp³-hybridized carbons (Fsp3) is 0.714. The van der Waals surface area contributed by atoms with Crippen molar-refractivity contribution in [3.63, 3.8) is 0 Å². The van der Waals surface area contributed by atoms with E-state index in [1.165, 1.54) is 22.7 Å². The monoisotopic (exact) mass is 342 g/mol. The molecule has 1 aliphatic rings. The Balaban J connectivity index is 2.30. The minimum atomic E-state index is -3.46. The Hall–Kier alpha value is -1.29. The highest BCUT2D eigenvalue weighted by Crippen LogP contribution is 2.23. The van der Waals surface area contributed by atoms with Crippen molar-refractivity contribution in [3.05, 3.63) is 17.6 Å². The zero-order valence-corrected chi connectivity index (χ0v) is 15.3. The average molecular weight is 342 g/mol. The maximum Gasteiger partial charge on any atom is 0.281 e. The summed E-state index contributed by atoms with van der Waals surface area (Å²) in [5.74, 6) is 1.52. The van der Waals surface area contributed by atoms with Crippen LogP contribution in [0.1, 0.15) is 30.4 Å². The van der Waals surface area contributed by atoms with E-state index >= 15 is 0 Å². The van der Waals surface area contributed by atoms with Crippen molar-refractivity contribution >= 4 is 16.0 Å². The van der Waals surface area contributed by atoms with Gasteiger partial charge in [0.2, 0.25) is 0 Å². The topological polar surface area (TPSA) is 81.7 Å². The number of aromatic nitrogens is 2. The summed E-state index contributed by atoms with van der Waals surface area (Å²) in [5, 5.41) is 3.38. The zero-order chi connectivity index (χ0) is 17.2. The van der Waals surface area contributed by atoms with Crippen molar-refractivity contribution in [1.82, 2.24) is 23.9 Å². The van der Waals surface area contributed by atoms with Crippen molar-refractivity contribution in [2.45, 2.75) is 25.4 Å². The summed E-state index contributed by atoms with van der Waals surface area (Å²) < 4.78 is 26.8. The molecule has 0 aliphatic carbocycles. The SMILES string of the molecule is CN(C)c1cc(CN(C)S(=O)(=O)N(C)C)nc(C2CCCN2)n1. The fourth-order valence-corrected chi connectivity index (χ4v) is 3.32. The molecule has 0 aromatic carbocycles. The first-order valence-corrected chi connectivity index (χ1v) is 9.04.